The molecule has 1 aliphatic heterocycles. The molecule has 0 N–H and O–H groups in total. The molecule has 1 aliphatic rings. The molecule has 0 atom stereocenters. The summed E-state index contributed by atoms with van der Waals surface area (Å²) in [6.45, 7) is 2.56. The van der Waals surface area contributed by atoms with Gasteiger partial charge in [-0.2, -0.15) is 0 Å². The van der Waals surface area contributed by atoms with Crippen molar-refractivity contribution < 1.29 is 17.9 Å². The van der Waals surface area contributed by atoms with Gasteiger partial charge in [0.25, 0.3) is 10.0 Å². The Morgan fingerprint density at radius 1 is 0.857 bits per heavy atom. The lowest BCUT2D eigenvalue weighted by atomic mass is 10.1. The van der Waals surface area contributed by atoms with E-state index in [9.17, 15) is 8.42 Å². The van der Waals surface area contributed by atoms with Crippen LogP contribution in [0.2, 0.25) is 0 Å². The van der Waals surface area contributed by atoms with Gasteiger partial charge in [0.2, 0.25) is 0 Å². The Labute approximate surface area is 204 Å². The third-order valence-corrected chi connectivity index (χ3v) is 7.78. The molecule has 180 valence electrons. The van der Waals surface area contributed by atoms with Crippen LogP contribution in [0, 0.1) is 6.92 Å². The van der Waals surface area contributed by atoms with Crippen LogP contribution in [0.15, 0.2) is 71.6 Å². The van der Waals surface area contributed by atoms with Crippen molar-refractivity contribution in [2.45, 2.75) is 18.2 Å². The number of nitrogens with zero attached hydrogens (tertiary/aromatic N) is 4. The number of para-hydroxylation sites is 2. The number of ether oxygens (including phenoxy) is 2. The van der Waals surface area contributed by atoms with E-state index in [4.69, 9.17) is 19.4 Å². The summed E-state index contributed by atoms with van der Waals surface area (Å²) in [6, 6.07) is 20.2. The van der Waals surface area contributed by atoms with Crippen LogP contribution in [0.3, 0.4) is 0 Å². The second kappa shape index (κ2) is 9.07. The number of fused-ring (bicyclic) bond motifs is 2. The number of aromatic nitrogens is 2. The van der Waals surface area contributed by atoms with E-state index in [0.717, 1.165) is 16.6 Å². The van der Waals surface area contributed by atoms with Gasteiger partial charge >= 0.3 is 0 Å². The maximum atomic E-state index is 13.7. The van der Waals surface area contributed by atoms with Crippen molar-refractivity contribution in [3.8, 4) is 11.5 Å². The number of hydrogen-bond donors (Lipinski definition) is 0. The van der Waals surface area contributed by atoms with Gasteiger partial charge in [-0.25, -0.2) is 22.7 Å². The molecule has 0 radical (unpaired) electrons. The second-order valence-electron chi connectivity index (χ2n) is 8.37. The molecule has 0 saturated heterocycles. The predicted molar refractivity (Wildman–Crippen MR) is 136 cm³/mol. The van der Waals surface area contributed by atoms with Crippen LogP contribution < -0.4 is 18.7 Å². The van der Waals surface area contributed by atoms with Crippen molar-refractivity contribution in [3.63, 3.8) is 0 Å². The Hall–Kier alpha value is -3.85. The zero-order valence-electron chi connectivity index (χ0n) is 19.8. The summed E-state index contributed by atoms with van der Waals surface area (Å²) in [5.74, 6) is 2.22. The second-order valence-corrected chi connectivity index (χ2v) is 10.2. The Morgan fingerprint density at radius 3 is 2.26 bits per heavy atom. The molecule has 2 heterocycles. The molecule has 0 amide bonds. The minimum Gasteiger partial charge on any atom is -0.493 e. The van der Waals surface area contributed by atoms with E-state index in [2.05, 4.69) is 0 Å². The van der Waals surface area contributed by atoms with Gasteiger partial charge in [0, 0.05) is 6.54 Å². The van der Waals surface area contributed by atoms with E-state index < -0.39 is 10.0 Å². The van der Waals surface area contributed by atoms with E-state index in [1.165, 1.54) is 4.31 Å². The molecule has 0 spiro atoms. The summed E-state index contributed by atoms with van der Waals surface area (Å²) in [6.07, 6.45) is 0.659. The van der Waals surface area contributed by atoms with Crippen LogP contribution in [0.25, 0.3) is 11.0 Å². The van der Waals surface area contributed by atoms with Crippen molar-refractivity contribution in [1.82, 2.24) is 9.97 Å². The van der Waals surface area contributed by atoms with Gasteiger partial charge in [0.15, 0.2) is 23.1 Å². The number of sulfonamides is 1. The highest BCUT2D eigenvalue weighted by atomic mass is 32.2. The van der Waals surface area contributed by atoms with Crippen molar-refractivity contribution in [2.75, 3.05) is 36.6 Å². The van der Waals surface area contributed by atoms with Crippen LogP contribution in [-0.2, 0) is 16.4 Å². The van der Waals surface area contributed by atoms with Gasteiger partial charge in [-0.05, 0) is 60.9 Å². The van der Waals surface area contributed by atoms with Gasteiger partial charge in [-0.1, -0.05) is 30.3 Å². The molecular formula is C26H26N4O4S. The number of benzene rings is 3. The van der Waals surface area contributed by atoms with E-state index in [-0.39, 0.29) is 11.6 Å². The third-order valence-electron chi connectivity index (χ3n) is 6.07. The fraction of sp³-hybridized carbons (Fsp3) is 0.231. The summed E-state index contributed by atoms with van der Waals surface area (Å²) < 4.78 is 39.4. The molecule has 0 fully saturated rings. The number of hydrogen-bond acceptors (Lipinski definition) is 7. The Kier molecular flexibility index (Phi) is 5.94. The minimum atomic E-state index is -3.83. The topological polar surface area (TPSA) is 84.9 Å². The van der Waals surface area contributed by atoms with Crippen LogP contribution in [0.1, 0.15) is 11.1 Å². The van der Waals surface area contributed by atoms with Crippen molar-refractivity contribution in [2.24, 2.45) is 0 Å². The van der Waals surface area contributed by atoms with Crippen molar-refractivity contribution in [1.29, 1.82) is 0 Å². The zero-order valence-corrected chi connectivity index (χ0v) is 20.6. The first kappa shape index (κ1) is 22.9. The largest absolute Gasteiger partial charge is 0.493 e. The summed E-state index contributed by atoms with van der Waals surface area (Å²) in [4.78, 5) is 11.7. The molecule has 1 aromatic heterocycles. The Balaban J connectivity index is 1.51. The van der Waals surface area contributed by atoms with Crippen molar-refractivity contribution in [3.05, 3.63) is 77.9 Å². The summed E-state index contributed by atoms with van der Waals surface area (Å²) in [5.41, 5.74) is 3.29. The van der Waals surface area contributed by atoms with E-state index >= 15 is 0 Å². The minimum absolute atomic E-state index is 0.134. The molecule has 8 nitrogen and oxygen atoms in total. The number of aryl methyl sites for hydroxylation is 1. The zero-order chi connectivity index (χ0) is 24.6. The highest BCUT2D eigenvalue weighted by Gasteiger charge is 2.37. The highest BCUT2D eigenvalue weighted by molar-refractivity contribution is 7.92. The smallest absolute Gasteiger partial charge is 0.267 e. The fourth-order valence-corrected chi connectivity index (χ4v) is 5.70. The Morgan fingerprint density at radius 2 is 1.57 bits per heavy atom. The first-order valence-corrected chi connectivity index (χ1v) is 12.7. The molecule has 35 heavy (non-hydrogen) atoms. The molecule has 0 aliphatic carbocycles. The van der Waals surface area contributed by atoms with Gasteiger partial charge < -0.3 is 14.4 Å². The summed E-state index contributed by atoms with van der Waals surface area (Å²) >= 11 is 0. The van der Waals surface area contributed by atoms with Gasteiger partial charge in [-0.3, -0.25) is 0 Å². The summed E-state index contributed by atoms with van der Waals surface area (Å²) in [5, 5.41) is 0. The van der Waals surface area contributed by atoms with Crippen LogP contribution >= 0.6 is 0 Å². The van der Waals surface area contributed by atoms with Gasteiger partial charge in [0.1, 0.15) is 6.67 Å². The normalized spacial score (nSPS) is 13.2. The molecule has 0 bridgehead atoms. The fourth-order valence-electron chi connectivity index (χ4n) is 4.22. The molecular weight excluding hydrogens is 464 g/mol. The summed E-state index contributed by atoms with van der Waals surface area (Å²) in [7, 11) is -0.620. The van der Waals surface area contributed by atoms with Crippen LogP contribution in [-0.4, -0.2) is 45.8 Å². The number of anilines is 2. The lowest BCUT2D eigenvalue weighted by Crippen LogP contribution is -2.36. The maximum Gasteiger partial charge on any atom is 0.267 e. The van der Waals surface area contributed by atoms with Gasteiger partial charge in [-0.15, -0.1) is 0 Å². The Bertz CT molecular complexity index is 1510. The third kappa shape index (κ3) is 4.23. The predicted octanol–water partition coefficient (Wildman–Crippen LogP) is 4.17. The molecule has 0 unspecified atom stereocenters. The van der Waals surface area contributed by atoms with Crippen LogP contribution in [0.4, 0.5) is 11.6 Å². The molecule has 0 saturated carbocycles. The lowest BCUT2D eigenvalue weighted by Gasteiger charge is -2.21. The average molecular weight is 491 g/mol. The maximum absolute atomic E-state index is 13.7. The average Bonchev–Trinajstić information content (AvgIpc) is 3.24. The first-order chi connectivity index (χ1) is 16.9. The molecule has 4 aromatic rings. The first-order valence-electron chi connectivity index (χ1n) is 11.2. The van der Waals surface area contributed by atoms with E-state index in [0.29, 0.717) is 41.6 Å². The SMILES string of the molecule is COc1ccc(CCN2CN(S(=O)(=O)c3cccc(C)c3)c3nc4ccccc4nc32)cc1OC. The van der Waals surface area contributed by atoms with E-state index in [1.54, 1.807) is 32.4 Å². The quantitative estimate of drug-likeness (QED) is 0.384. The van der Waals surface area contributed by atoms with E-state index in [1.807, 2.05) is 60.4 Å². The monoisotopic (exact) mass is 490 g/mol. The standard InChI is InChI=1S/C26H26N4O4S/c1-18-7-6-8-20(15-18)35(31,32)30-17-29(14-13-19-11-12-23(33-2)24(16-19)34-3)25-26(30)28-22-10-5-4-9-21(22)27-25/h4-12,15-16H,13-14,17H2,1-3H3. The lowest BCUT2D eigenvalue weighted by molar-refractivity contribution is 0.354. The highest BCUT2D eigenvalue weighted by Crippen LogP contribution is 2.38. The van der Waals surface area contributed by atoms with Gasteiger partial charge in [0.05, 0.1) is 30.1 Å². The molecule has 3 aromatic carbocycles. The number of methoxy groups -OCH3 is 2. The van der Waals surface area contributed by atoms with Crippen molar-refractivity contribution >= 4 is 32.7 Å². The molecule has 5 rings (SSSR count). The number of rotatable bonds is 7. The van der Waals surface area contributed by atoms with Crippen LogP contribution in [0.5, 0.6) is 11.5 Å². The molecule has 9 heteroatoms.